The number of amides is 1. The molecule has 0 saturated heterocycles. The lowest BCUT2D eigenvalue weighted by Gasteiger charge is -2.22. The number of nitrogens with zero attached hydrogens (tertiary/aromatic N) is 1. The van der Waals surface area contributed by atoms with Crippen LogP contribution in [0.3, 0.4) is 0 Å². The summed E-state index contributed by atoms with van der Waals surface area (Å²) in [6.45, 7) is 0. The third-order valence-corrected chi connectivity index (χ3v) is 4.53. The van der Waals surface area contributed by atoms with Crippen LogP contribution in [0.2, 0.25) is 10.0 Å². The van der Waals surface area contributed by atoms with Crippen LogP contribution in [0.15, 0.2) is 18.2 Å². The van der Waals surface area contributed by atoms with Gasteiger partial charge in [-0.2, -0.15) is 0 Å². The second kappa shape index (κ2) is 4.67. The molecule has 1 unspecified atom stereocenters. The largest absolute Gasteiger partial charge is 0.375 e. The second-order valence-electron chi connectivity index (χ2n) is 4.24. The van der Waals surface area contributed by atoms with Crippen LogP contribution in [-0.4, -0.2) is 10.9 Å². The highest BCUT2D eigenvalue weighted by atomic mass is 35.5. The van der Waals surface area contributed by atoms with Gasteiger partial charge in [0.15, 0.2) is 5.13 Å². The Bertz CT molecular complexity index is 671. The van der Waals surface area contributed by atoms with Crippen LogP contribution in [0.25, 0.3) is 0 Å². The minimum Gasteiger partial charge on any atom is -0.375 e. The minimum atomic E-state index is -0.122. The van der Waals surface area contributed by atoms with Crippen LogP contribution in [0.5, 0.6) is 0 Å². The third kappa shape index (κ3) is 2.29. The van der Waals surface area contributed by atoms with Crippen molar-refractivity contribution >= 4 is 51.4 Å². The maximum atomic E-state index is 11.7. The number of carbonyl (C=O) groups excluding carboxylic acids is 1. The summed E-state index contributed by atoms with van der Waals surface area (Å²) < 4.78 is 0. The lowest BCUT2D eigenvalue weighted by Crippen LogP contribution is -2.22. The van der Waals surface area contributed by atoms with E-state index in [1.807, 2.05) is 6.07 Å². The standard InChI is InChI=1S/C12H9Cl2N3OS/c13-5-1-2-6(8(14)3-5)7-4-9(18)16-11-10(7)19-12(15)17-11/h1-3,7H,4H2,(H2,15,17)(H,16,18). The van der Waals surface area contributed by atoms with Gasteiger partial charge in [-0.05, 0) is 17.7 Å². The lowest BCUT2D eigenvalue weighted by atomic mass is 9.91. The number of halogens is 2. The molecule has 3 N–H and O–H groups in total. The number of rotatable bonds is 1. The Morgan fingerprint density at radius 3 is 2.95 bits per heavy atom. The molecule has 0 bridgehead atoms. The molecule has 1 aromatic heterocycles. The van der Waals surface area contributed by atoms with Crippen LogP contribution in [0, 0.1) is 0 Å². The lowest BCUT2D eigenvalue weighted by molar-refractivity contribution is -0.116. The van der Waals surface area contributed by atoms with Crippen LogP contribution < -0.4 is 11.1 Å². The first-order chi connectivity index (χ1) is 9.04. The summed E-state index contributed by atoms with van der Waals surface area (Å²) in [6, 6.07) is 5.28. The summed E-state index contributed by atoms with van der Waals surface area (Å²) in [4.78, 5) is 16.8. The van der Waals surface area contributed by atoms with Gasteiger partial charge in [0.2, 0.25) is 5.91 Å². The summed E-state index contributed by atoms with van der Waals surface area (Å²) in [5.74, 6) is 0.326. The number of benzene rings is 1. The first kappa shape index (κ1) is 12.7. The van der Waals surface area contributed by atoms with Gasteiger partial charge < -0.3 is 11.1 Å². The highest BCUT2D eigenvalue weighted by Gasteiger charge is 2.31. The van der Waals surface area contributed by atoms with Crippen molar-refractivity contribution in [2.45, 2.75) is 12.3 Å². The van der Waals surface area contributed by atoms with Gasteiger partial charge in [-0.3, -0.25) is 4.79 Å². The monoisotopic (exact) mass is 313 g/mol. The van der Waals surface area contributed by atoms with Crippen LogP contribution in [0.4, 0.5) is 10.9 Å². The quantitative estimate of drug-likeness (QED) is 0.846. The number of nitrogens with one attached hydrogen (secondary N) is 1. The van der Waals surface area contributed by atoms with Crippen molar-refractivity contribution < 1.29 is 4.79 Å². The number of hydrogen-bond donors (Lipinski definition) is 2. The maximum Gasteiger partial charge on any atom is 0.226 e. The summed E-state index contributed by atoms with van der Waals surface area (Å²) in [6.07, 6.45) is 0.329. The van der Waals surface area contributed by atoms with E-state index in [1.165, 1.54) is 11.3 Å². The SMILES string of the molecule is Nc1nc2c(s1)C(c1ccc(Cl)cc1Cl)CC(=O)N2. The van der Waals surface area contributed by atoms with Crippen molar-refractivity contribution in [2.75, 3.05) is 11.1 Å². The van der Waals surface area contributed by atoms with Gasteiger partial charge in [-0.15, -0.1) is 0 Å². The van der Waals surface area contributed by atoms with E-state index in [1.54, 1.807) is 12.1 Å². The van der Waals surface area contributed by atoms with Gasteiger partial charge in [-0.25, -0.2) is 4.98 Å². The fourth-order valence-corrected chi connectivity index (χ4v) is 3.62. The highest BCUT2D eigenvalue weighted by molar-refractivity contribution is 7.16. The number of carbonyl (C=O) groups is 1. The van der Waals surface area contributed by atoms with Gasteiger partial charge in [-0.1, -0.05) is 40.6 Å². The van der Waals surface area contributed by atoms with E-state index in [0.717, 1.165) is 10.4 Å². The Labute approximate surface area is 123 Å². The zero-order valence-corrected chi connectivity index (χ0v) is 11.9. The van der Waals surface area contributed by atoms with Crippen molar-refractivity contribution in [2.24, 2.45) is 0 Å². The number of fused-ring (bicyclic) bond motifs is 1. The molecular formula is C12H9Cl2N3OS. The van der Waals surface area contributed by atoms with Crippen molar-refractivity contribution in [1.82, 2.24) is 4.98 Å². The van der Waals surface area contributed by atoms with Gasteiger partial charge in [0.25, 0.3) is 0 Å². The van der Waals surface area contributed by atoms with E-state index in [9.17, 15) is 4.79 Å². The maximum absolute atomic E-state index is 11.7. The van der Waals surface area contributed by atoms with Crippen LogP contribution in [-0.2, 0) is 4.79 Å². The molecule has 1 amide bonds. The van der Waals surface area contributed by atoms with E-state index < -0.39 is 0 Å². The predicted octanol–water partition coefficient (Wildman–Crippen LogP) is 3.51. The molecule has 1 atom stereocenters. The number of hydrogen-bond acceptors (Lipinski definition) is 4. The normalized spacial score (nSPS) is 18.0. The summed E-state index contributed by atoms with van der Waals surface area (Å²) in [5.41, 5.74) is 6.57. The topological polar surface area (TPSA) is 68.0 Å². The number of thiazole rings is 1. The van der Waals surface area contributed by atoms with Crippen molar-refractivity contribution in [1.29, 1.82) is 0 Å². The molecule has 1 aliphatic rings. The molecule has 3 rings (SSSR count). The Morgan fingerprint density at radius 2 is 2.21 bits per heavy atom. The molecule has 7 heteroatoms. The third-order valence-electron chi connectivity index (χ3n) is 2.97. The Hall–Kier alpha value is -1.30. The average Bonchev–Trinajstić information content (AvgIpc) is 2.68. The number of aromatic nitrogens is 1. The second-order valence-corrected chi connectivity index (χ2v) is 6.14. The van der Waals surface area contributed by atoms with Gasteiger partial charge in [0.05, 0.1) is 4.88 Å². The molecule has 1 aliphatic heterocycles. The zero-order valence-electron chi connectivity index (χ0n) is 9.61. The molecular weight excluding hydrogens is 305 g/mol. The van der Waals surface area contributed by atoms with Crippen molar-refractivity contribution in [3.8, 4) is 0 Å². The molecule has 1 aromatic carbocycles. The molecule has 0 radical (unpaired) electrons. The highest BCUT2D eigenvalue weighted by Crippen LogP contribution is 2.43. The van der Waals surface area contributed by atoms with Gasteiger partial charge >= 0.3 is 0 Å². The minimum absolute atomic E-state index is 0.0891. The smallest absolute Gasteiger partial charge is 0.226 e. The van der Waals surface area contributed by atoms with E-state index in [4.69, 9.17) is 28.9 Å². The summed E-state index contributed by atoms with van der Waals surface area (Å²) in [7, 11) is 0. The van der Waals surface area contributed by atoms with Gasteiger partial charge in [0.1, 0.15) is 5.82 Å². The fraction of sp³-hybridized carbons (Fsp3) is 0.167. The number of anilines is 2. The molecule has 4 nitrogen and oxygen atoms in total. The average molecular weight is 314 g/mol. The van der Waals surface area contributed by atoms with Crippen LogP contribution >= 0.6 is 34.5 Å². The number of nitrogens with two attached hydrogens (primary N) is 1. The molecule has 0 spiro atoms. The predicted molar refractivity (Wildman–Crippen MR) is 78.1 cm³/mol. The van der Waals surface area contributed by atoms with Crippen LogP contribution in [0.1, 0.15) is 22.8 Å². The molecule has 2 aromatic rings. The molecule has 2 heterocycles. The summed E-state index contributed by atoms with van der Waals surface area (Å²) in [5, 5.41) is 4.27. The molecule has 98 valence electrons. The molecule has 0 aliphatic carbocycles. The van der Waals surface area contributed by atoms with E-state index in [2.05, 4.69) is 10.3 Å². The summed E-state index contributed by atoms with van der Waals surface area (Å²) >= 11 is 13.5. The fourth-order valence-electron chi connectivity index (χ4n) is 2.17. The van der Waals surface area contributed by atoms with Crippen molar-refractivity contribution in [3.63, 3.8) is 0 Å². The Kier molecular flexibility index (Phi) is 3.12. The first-order valence-electron chi connectivity index (χ1n) is 5.55. The Morgan fingerprint density at radius 1 is 1.42 bits per heavy atom. The molecule has 0 fully saturated rings. The number of nitrogen functional groups attached to an aromatic ring is 1. The van der Waals surface area contributed by atoms with Crippen molar-refractivity contribution in [3.05, 3.63) is 38.7 Å². The molecule has 19 heavy (non-hydrogen) atoms. The molecule has 0 saturated carbocycles. The Balaban J connectivity index is 2.12. The zero-order chi connectivity index (χ0) is 13.6. The van der Waals surface area contributed by atoms with E-state index >= 15 is 0 Å². The van der Waals surface area contributed by atoms with Gasteiger partial charge in [0, 0.05) is 22.4 Å². The van der Waals surface area contributed by atoms with E-state index in [-0.39, 0.29) is 11.8 Å². The van der Waals surface area contributed by atoms with E-state index in [0.29, 0.717) is 27.4 Å². The first-order valence-corrected chi connectivity index (χ1v) is 7.13.